The highest BCUT2D eigenvalue weighted by molar-refractivity contribution is 7.85. The molecule has 3 heterocycles. The smallest absolute Gasteiger partial charge is 0.336 e. The summed E-state index contributed by atoms with van der Waals surface area (Å²) in [6.07, 6.45) is 9.53. The van der Waals surface area contributed by atoms with E-state index in [9.17, 15) is 22.9 Å². The van der Waals surface area contributed by atoms with Crippen LogP contribution in [0.15, 0.2) is 65.5 Å². The Bertz CT molecular complexity index is 1590. The molecule has 1 fully saturated rings. The van der Waals surface area contributed by atoms with Crippen molar-refractivity contribution in [3.05, 3.63) is 87.7 Å². The van der Waals surface area contributed by atoms with Crippen molar-refractivity contribution in [3.63, 3.8) is 0 Å². The Hall–Kier alpha value is -3.40. The number of benzene rings is 2. The predicted molar refractivity (Wildman–Crippen MR) is 159 cm³/mol. The first kappa shape index (κ1) is 27.8. The van der Waals surface area contributed by atoms with Crippen LogP contribution in [-0.4, -0.2) is 66.9 Å². The standard InChI is InChI=1S/C32H36N2O6S/c1-2-12-33-13-5-8-21-17-25-29(19-27(21)33)40-30-20-28-22(9-6-14-34(28)15-7-16-41(37,38)39)18-26(30)31(25)23-10-3-4-11-24(23)32(35)36/h3-4,10-11,17-20,28H,2,5-9,12-16H2,1H3,(H,35,36)(H,37,38,39). The van der Waals surface area contributed by atoms with Gasteiger partial charge in [0.25, 0.3) is 10.1 Å². The normalized spacial score (nSPS) is 20.2. The molecular weight excluding hydrogens is 540 g/mol. The highest BCUT2D eigenvalue weighted by Crippen LogP contribution is 2.48. The van der Waals surface area contributed by atoms with Crippen LogP contribution < -0.4 is 9.64 Å². The zero-order valence-electron chi connectivity index (χ0n) is 23.3. The number of nitrogens with zero attached hydrogens (tertiary/aromatic N) is 2. The second-order valence-corrected chi connectivity index (χ2v) is 12.9. The molecule has 41 heavy (non-hydrogen) atoms. The van der Waals surface area contributed by atoms with Crippen LogP contribution in [0.25, 0.3) is 5.57 Å². The first-order valence-electron chi connectivity index (χ1n) is 14.5. The lowest BCUT2D eigenvalue weighted by atomic mass is 9.80. The lowest BCUT2D eigenvalue weighted by Crippen LogP contribution is -2.42. The van der Waals surface area contributed by atoms with E-state index in [0.717, 1.165) is 74.2 Å². The van der Waals surface area contributed by atoms with Crippen molar-refractivity contribution >= 4 is 27.3 Å². The summed E-state index contributed by atoms with van der Waals surface area (Å²) < 4.78 is 38.5. The van der Waals surface area contributed by atoms with Gasteiger partial charge in [-0.05, 0) is 86.1 Å². The van der Waals surface area contributed by atoms with Crippen LogP contribution in [0, 0.1) is 0 Å². The van der Waals surface area contributed by atoms with Gasteiger partial charge in [-0.2, -0.15) is 8.42 Å². The number of carboxylic acids is 1. The summed E-state index contributed by atoms with van der Waals surface area (Å²) in [5, 5.41) is 10.1. The maximum Gasteiger partial charge on any atom is 0.336 e. The van der Waals surface area contributed by atoms with Crippen LogP contribution in [-0.2, 0) is 16.5 Å². The van der Waals surface area contributed by atoms with Crippen LogP contribution in [0.1, 0.15) is 66.1 Å². The van der Waals surface area contributed by atoms with Crippen LogP contribution >= 0.6 is 0 Å². The van der Waals surface area contributed by atoms with Gasteiger partial charge in [-0.1, -0.05) is 25.1 Å². The molecule has 0 spiro atoms. The number of hydrogen-bond donors (Lipinski definition) is 2. The van der Waals surface area contributed by atoms with Gasteiger partial charge in [0.1, 0.15) is 11.5 Å². The van der Waals surface area contributed by atoms with Gasteiger partial charge in [0, 0.05) is 48.1 Å². The zero-order chi connectivity index (χ0) is 28.7. The lowest BCUT2D eigenvalue weighted by molar-refractivity contribution is 0.0696. The van der Waals surface area contributed by atoms with Gasteiger partial charge in [-0.15, -0.1) is 0 Å². The number of fused-ring (bicyclic) bond motifs is 4. The van der Waals surface area contributed by atoms with E-state index in [1.54, 1.807) is 12.1 Å². The van der Waals surface area contributed by atoms with E-state index >= 15 is 0 Å². The molecule has 2 aromatic rings. The third-order valence-corrected chi connectivity index (χ3v) is 9.32. The third-order valence-electron chi connectivity index (χ3n) is 8.51. The van der Waals surface area contributed by atoms with E-state index in [-0.39, 0.29) is 17.4 Å². The third kappa shape index (κ3) is 5.46. The Morgan fingerprint density at radius 3 is 2.66 bits per heavy atom. The molecule has 216 valence electrons. The van der Waals surface area contributed by atoms with Crippen molar-refractivity contribution in [2.75, 3.05) is 36.8 Å². The summed E-state index contributed by atoms with van der Waals surface area (Å²) in [5.74, 6) is 0.183. The number of anilines is 1. The molecule has 9 heteroatoms. The fourth-order valence-electron chi connectivity index (χ4n) is 6.77. The molecule has 0 radical (unpaired) electrons. The topological polar surface area (TPSA) is 107 Å². The van der Waals surface area contributed by atoms with Gasteiger partial charge in [0.15, 0.2) is 0 Å². The minimum Gasteiger partial charge on any atom is -0.478 e. The van der Waals surface area contributed by atoms with Crippen molar-refractivity contribution in [3.8, 4) is 5.75 Å². The summed E-state index contributed by atoms with van der Waals surface area (Å²) in [6.45, 7) is 5.51. The van der Waals surface area contributed by atoms with Crippen molar-refractivity contribution in [1.82, 2.24) is 4.90 Å². The van der Waals surface area contributed by atoms with Gasteiger partial charge in [-0.25, -0.2) is 4.79 Å². The molecule has 4 aliphatic rings. The summed E-state index contributed by atoms with van der Waals surface area (Å²) in [5.41, 5.74) is 7.24. The van der Waals surface area contributed by atoms with Gasteiger partial charge in [0.05, 0.1) is 17.4 Å². The molecule has 2 N–H and O–H groups in total. The lowest BCUT2D eigenvalue weighted by Gasteiger charge is -2.40. The fourth-order valence-corrected chi connectivity index (χ4v) is 7.26. The highest BCUT2D eigenvalue weighted by atomic mass is 32.2. The van der Waals surface area contributed by atoms with Gasteiger partial charge in [0.2, 0.25) is 0 Å². The minimum atomic E-state index is -4.01. The Labute approximate surface area is 241 Å². The summed E-state index contributed by atoms with van der Waals surface area (Å²) >= 11 is 0. The fraction of sp³-hybridized carbons (Fsp3) is 0.406. The number of aromatic carboxylic acids is 1. The van der Waals surface area contributed by atoms with E-state index in [0.29, 0.717) is 24.3 Å². The molecule has 2 aromatic carbocycles. The first-order valence-corrected chi connectivity index (χ1v) is 16.1. The Balaban J connectivity index is 1.49. The number of carbonyl (C=O) groups is 1. The molecule has 0 bridgehead atoms. The monoisotopic (exact) mass is 576 g/mol. The van der Waals surface area contributed by atoms with Crippen LogP contribution in [0.5, 0.6) is 5.75 Å². The molecule has 0 saturated carbocycles. The number of hydrogen-bond acceptors (Lipinski definition) is 6. The van der Waals surface area contributed by atoms with Gasteiger partial charge >= 0.3 is 5.97 Å². The summed E-state index contributed by atoms with van der Waals surface area (Å²) in [6, 6.07) is 11.5. The van der Waals surface area contributed by atoms with Crippen molar-refractivity contribution in [2.24, 2.45) is 0 Å². The number of rotatable bonds is 8. The Kier molecular flexibility index (Phi) is 7.52. The average Bonchev–Trinajstić information content (AvgIpc) is 2.94. The van der Waals surface area contributed by atoms with E-state index < -0.39 is 16.1 Å². The molecular formula is C32H36N2O6S. The Morgan fingerprint density at radius 1 is 1.07 bits per heavy atom. The molecule has 1 unspecified atom stereocenters. The van der Waals surface area contributed by atoms with E-state index in [4.69, 9.17) is 4.74 Å². The van der Waals surface area contributed by atoms with Crippen LogP contribution in [0.3, 0.4) is 0 Å². The van der Waals surface area contributed by atoms with E-state index in [1.165, 1.54) is 16.8 Å². The van der Waals surface area contributed by atoms with Crippen molar-refractivity contribution in [1.29, 1.82) is 0 Å². The average molecular weight is 577 g/mol. The molecule has 8 nitrogen and oxygen atoms in total. The SMILES string of the molecule is CCCN1CCCc2cc3c(cc21)OC1=CC2C(=CC1=C3c1ccccc1C(=O)O)CCCN2CCCS(=O)(=O)O. The molecule has 1 atom stereocenters. The molecule has 1 saturated heterocycles. The number of carboxylic acid groups (broad SMARTS) is 1. The van der Waals surface area contributed by atoms with Crippen molar-refractivity contribution < 1.29 is 27.6 Å². The number of likely N-dealkylation sites (tertiary alicyclic amines) is 1. The quantitative estimate of drug-likeness (QED) is 0.408. The second-order valence-electron chi connectivity index (χ2n) is 11.3. The minimum absolute atomic E-state index is 0.0457. The Morgan fingerprint density at radius 2 is 1.88 bits per heavy atom. The van der Waals surface area contributed by atoms with E-state index in [1.807, 2.05) is 12.1 Å². The molecule has 6 rings (SSSR count). The number of ether oxygens (including phenoxy) is 1. The summed E-state index contributed by atoms with van der Waals surface area (Å²) in [7, 11) is -4.01. The predicted octanol–water partition coefficient (Wildman–Crippen LogP) is 5.31. The number of aryl methyl sites for hydroxylation is 1. The van der Waals surface area contributed by atoms with Gasteiger partial charge in [-0.3, -0.25) is 9.45 Å². The zero-order valence-corrected chi connectivity index (χ0v) is 24.1. The molecule has 0 amide bonds. The van der Waals surface area contributed by atoms with Crippen LogP contribution in [0.2, 0.25) is 0 Å². The highest BCUT2D eigenvalue weighted by Gasteiger charge is 2.35. The van der Waals surface area contributed by atoms with Gasteiger partial charge < -0.3 is 14.7 Å². The first-order chi connectivity index (χ1) is 19.7. The molecule has 0 aromatic heterocycles. The van der Waals surface area contributed by atoms with E-state index in [2.05, 4.69) is 41.0 Å². The maximum atomic E-state index is 12.4. The second kappa shape index (κ2) is 11.1. The molecule has 1 aliphatic carbocycles. The maximum absolute atomic E-state index is 12.4. The molecule has 3 aliphatic heterocycles. The van der Waals surface area contributed by atoms with Crippen LogP contribution in [0.4, 0.5) is 5.69 Å². The summed E-state index contributed by atoms with van der Waals surface area (Å²) in [4.78, 5) is 17.0. The number of allylic oxidation sites excluding steroid dienone is 1. The van der Waals surface area contributed by atoms with Crippen molar-refractivity contribution in [2.45, 2.75) is 51.5 Å². The largest absolute Gasteiger partial charge is 0.478 e. The number of piperidine rings is 1.